The SMILES string of the molecule is Nc1cocc1-c1nc2ccccc2n1Cc1c(F)cccc1Cl. The van der Waals surface area contributed by atoms with Gasteiger partial charge in [-0.1, -0.05) is 29.8 Å². The van der Waals surface area contributed by atoms with Crippen molar-refractivity contribution in [3.8, 4) is 11.4 Å². The molecule has 0 aliphatic carbocycles. The second kappa shape index (κ2) is 5.69. The summed E-state index contributed by atoms with van der Waals surface area (Å²) >= 11 is 6.19. The van der Waals surface area contributed by atoms with E-state index in [4.69, 9.17) is 21.8 Å². The molecule has 4 aromatic rings. The van der Waals surface area contributed by atoms with Crippen molar-refractivity contribution >= 4 is 28.3 Å². The Hall–Kier alpha value is -2.79. The van der Waals surface area contributed by atoms with E-state index in [2.05, 4.69) is 4.98 Å². The number of anilines is 1. The van der Waals surface area contributed by atoms with Crippen molar-refractivity contribution in [1.82, 2.24) is 9.55 Å². The molecule has 0 saturated heterocycles. The van der Waals surface area contributed by atoms with Gasteiger partial charge in [-0.3, -0.25) is 0 Å². The van der Waals surface area contributed by atoms with Gasteiger partial charge in [0.15, 0.2) is 0 Å². The van der Waals surface area contributed by atoms with E-state index in [9.17, 15) is 4.39 Å². The maximum atomic E-state index is 14.2. The van der Waals surface area contributed by atoms with Crippen LogP contribution in [0.1, 0.15) is 5.56 Å². The summed E-state index contributed by atoms with van der Waals surface area (Å²) in [6.45, 7) is 0.242. The van der Waals surface area contributed by atoms with Crippen molar-refractivity contribution in [2.24, 2.45) is 0 Å². The van der Waals surface area contributed by atoms with Crippen molar-refractivity contribution in [1.29, 1.82) is 0 Å². The van der Waals surface area contributed by atoms with Crippen molar-refractivity contribution in [2.45, 2.75) is 6.54 Å². The summed E-state index contributed by atoms with van der Waals surface area (Å²) in [5.41, 5.74) is 9.18. The molecule has 0 amide bonds. The highest BCUT2D eigenvalue weighted by molar-refractivity contribution is 6.31. The highest BCUT2D eigenvalue weighted by Gasteiger charge is 2.18. The third kappa shape index (κ3) is 2.34. The number of aromatic nitrogens is 2. The molecule has 0 spiro atoms. The van der Waals surface area contributed by atoms with Crippen LogP contribution in [0.25, 0.3) is 22.4 Å². The van der Waals surface area contributed by atoms with Crippen molar-refractivity contribution in [3.05, 3.63) is 71.4 Å². The number of hydrogen-bond donors (Lipinski definition) is 1. The van der Waals surface area contributed by atoms with Crippen LogP contribution in [-0.2, 0) is 6.54 Å². The Labute approximate surface area is 142 Å². The molecule has 4 rings (SSSR count). The molecule has 6 heteroatoms. The van der Waals surface area contributed by atoms with Crippen LogP contribution in [0.15, 0.2) is 59.4 Å². The number of hydrogen-bond acceptors (Lipinski definition) is 3. The van der Waals surface area contributed by atoms with Gasteiger partial charge < -0.3 is 14.7 Å². The van der Waals surface area contributed by atoms with Gasteiger partial charge in [-0.2, -0.15) is 0 Å². The number of nitrogens with zero attached hydrogens (tertiary/aromatic N) is 2. The van der Waals surface area contributed by atoms with Crippen LogP contribution in [0.2, 0.25) is 5.02 Å². The number of halogens is 2. The summed E-state index contributed by atoms with van der Waals surface area (Å²) in [7, 11) is 0. The molecule has 2 heterocycles. The van der Waals surface area contributed by atoms with E-state index in [1.165, 1.54) is 18.6 Å². The zero-order valence-corrected chi connectivity index (χ0v) is 13.3. The van der Waals surface area contributed by atoms with E-state index in [-0.39, 0.29) is 12.4 Å². The molecule has 0 aliphatic rings. The Morgan fingerprint density at radius 3 is 2.71 bits per heavy atom. The maximum absolute atomic E-state index is 14.2. The fraction of sp³-hybridized carbons (Fsp3) is 0.0556. The molecule has 0 radical (unpaired) electrons. The van der Waals surface area contributed by atoms with Crippen LogP contribution >= 0.6 is 11.6 Å². The van der Waals surface area contributed by atoms with Crippen LogP contribution in [0.3, 0.4) is 0 Å². The van der Waals surface area contributed by atoms with E-state index in [0.29, 0.717) is 27.7 Å². The molecule has 0 atom stereocenters. The smallest absolute Gasteiger partial charge is 0.146 e. The third-order valence-electron chi connectivity index (χ3n) is 3.97. The Balaban J connectivity index is 1.95. The lowest BCUT2D eigenvalue weighted by Crippen LogP contribution is -2.05. The number of nitrogens with two attached hydrogens (primary N) is 1. The molecule has 2 N–H and O–H groups in total. The number of furan rings is 1. The summed E-state index contributed by atoms with van der Waals surface area (Å²) in [5.74, 6) is 0.258. The molecular weight excluding hydrogens is 329 g/mol. The molecule has 4 nitrogen and oxygen atoms in total. The average molecular weight is 342 g/mol. The van der Waals surface area contributed by atoms with Crippen molar-refractivity contribution < 1.29 is 8.81 Å². The van der Waals surface area contributed by atoms with Crippen LogP contribution < -0.4 is 5.73 Å². The van der Waals surface area contributed by atoms with Gasteiger partial charge >= 0.3 is 0 Å². The Morgan fingerprint density at radius 1 is 1.12 bits per heavy atom. The minimum Gasteiger partial charge on any atom is -0.470 e. The fourth-order valence-electron chi connectivity index (χ4n) is 2.77. The maximum Gasteiger partial charge on any atom is 0.146 e. The van der Waals surface area contributed by atoms with Gasteiger partial charge in [-0.05, 0) is 24.3 Å². The first-order valence-electron chi connectivity index (χ1n) is 7.35. The molecule has 0 saturated carbocycles. The summed E-state index contributed by atoms with van der Waals surface area (Å²) in [5, 5.41) is 0.374. The Bertz CT molecular complexity index is 1020. The molecular formula is C18H13ClFN3O. The molecule has 0 bridgehead atoms. The van der Waals surface area contributed by atoms with Crippen molar-refractivity contribution in [3.63, 3.8) is 0 Å². The first-order valence-corrected chi connectivity index (χ1v) is 7.73. The zero-order valence-electron chi connectivity index (χ0n) is 12.5. The molecule has 2 aromatic heterocycles. The minimum absolute atomic E-state index is 0.242. The standard InChI is InChI=1S/C18H13ClFN3O/c19-13-4-3-5-14(20)11(13)8-23-17-7-2-1-6-16(17)22-18(23)12-9-24-10-15(12)21/h1-7,9-10H,8,21H2. The molecule has 120 valence electrons. The number of fused-ring (bicyclic) bond motifs is 1. The Kier molecular flexibility index (Phi) is 3.50. The van der Waals surface area contributed by atoms with E-state index in [0.717, 1.165) is 11.0 Å². The summed E-state index contributed by atoms with van der Waals surface area (Å²) in [4.78, 5) is 4.63. The number of para-hydroxylation sites is 2. The predicted molar refractivity (Wildman–Crippen MR) is 92.4 cm³/mol. The monoisotopic (exact) mass is 341 g/mol. The van der Waals surface area contributed by atoms with Gasteiger partial charge in [0.05, 0.1) is 28.8 Å². The quantitative estimate of drug-likeness (QED) is 0.586. The third-order valence-corrected chi connectivity index (χ3v) is 4.32. The van der Waals surface area contributed by atoms with Gasteiger partial charge in [-0.25, -0.2) is 9.37 Å². The highest BCUT2D eigenvalue weighted by atomic mass is 35.5. The first-order chi connectivity index (χ1) is 11.6. The van der Waals surface area contributed by atoms with Gasteiger partial charge in [-0.15, -0.1) is 0 Å². The number of rotatable bonds is 3. The van der Waals surface area contributed by atoms with E-state index >= 15 is 0 Å². The minimum atomic E-state index is -0.355. The van der Waals surface area contributed by atoms with Crippen LogP contribution in [-0.4, -0.2) is 9.55 Å². The largest absolute Gasteiger partial charge is 0.470 e. The summed E-state index contributed by atoms with van der Waals surface area (Å²) in [6, 6.07) is 12.3. The van der Waals surface area contributed by atoms with Gasteiger partial charge in [0.25, 0.3) is 0 Å². The second-order valence-electron chi connectivity index (χ2n) is 5.45. The van der Waals surface area contributed by atoms with Gasteiger partial charge in [0.2, 0.25) is 0 Å². The molecule has 0 fully saturated rings. The van der Waals surface area contributed by atoms with Crippen molar-refractivity contribution in [2.75, 3.05) is 5.73 Å². The van der Waals surface area contributed by atoms with E-state index in [1.807, 2.05) is 28.8 Å². The lowest BCUT2D eigenvalue weighted by atomic mass is 10.2. The molecule has 24 heavy (non-hydrogen) atoms. The normalized spacial score (nSPS) is 11.2. The predicted octanol–water partition coefficient (Wildman–Crippen LogP) is 4.72. The molecule has 0 aliphatic heterocycles. The van der Waals surface area contributed by atoms with Crippen LogP contribution in [0.5, 0.6) is 0 Å². The van der Waals surface area contributed by atoms with E-state index in [1.54, 1.807) is 12.1 Å². The summed E-state index contributed by atoms with van der Waals surface area (Å²) in [6.07, 6.45) is 2.99. The topological polar surface area (TPSA) is 57.0 Å². The fourth-order valence-corrected chi connectivity index (χ4v) is 2.99. The Morgan fingerprint density at radius 2 is 1.96 bits per heavy atom. The first kappa shape index (κ1) is 14.8. The molecule has 2 aromatic carbocycles. The van der Waals surface area contributed by atoms with Crippen LogP contribution in [0.4, 0.5) is 10.1 Å². The lowest BCUT2D eigenvalue weighted by Gasteiger charge is -2.11. The number of benzene rings is 2. The average Bonchev–Trinajstić information content (AvgIpc) is 3.14. The van der Waals surface area contributed by atoms with Crippen LogP contribution in [0, 0.1) is 5.82 Å². The van der Waals surface area contributed by atoms with E-state index < -0.39 is 0 Å². The van der Waals surface area contributed by atoms with Gasteiger partial charge in [0, 0.05) is 10.6 Å². The second-order valence-corrected chi connectivity index (χ2v) is 5.86. The number of imidazole rings is 1. The lowest BCUT2D eigenvalue weighted by molar-refractivity contribution is 0.568. The summed E-state index contributed by atoms with van der Waals surface area (Å²) < 4.78 is 21.3. The number of nitrogen functional groups attached to an aromatic ring is 1. The zero-order chi connectivity index (χ0) is 16.7. The molecule has 0 unspecified atom stereocenters. The highest BCUT2D eigenvalue weighted by Crippen LogP contribution is 2.31. The van der Waals surface area contributed by atoms with Gasteiger partial charge in [0.1, 0.15) is 24.2 Å².